The van der Waals surface area contributed by atoms with Crippen LogP contribution in [0.5, 0.6) is 11.5 Å². The lowest BCUT2D eigenvalue weighted by Crippen LogP contribution is -2.13. The summed E-state index contributed by atoms with van der Waals surface area (Å²) in [6.07, 6.45) is 0. The predicted molar refractivity (Wildman–Crippen MR) is 171 cm³/mol. The van der Waals surface area contributed by atoms with Gasteiger partial charge in [0.25, 0.3) is 11.8 Å². The van der Waals surface area contributed by atoms with Crippen LogP contribution in [-0.2, 0) is 0 Å². The summed E-state index contributed by atoms with van der Waals surface area (Å²) in [5.74, 6) is 1.80. The second kappa shape index (κ2) is 13.9. The van der Waals surface area contributed by atoms with Crippen molar-refractivity contribution in [1.82, 2.24) is 0 Å². The van der Waals surface area contributed by atoms with Gasteiger partial charge in [-0.15, -0.1) is 0 Å². The molecule has 6 nitrogen and oxygen atoms in total. The molecular formula is C36H40N2O4. The van der Waals surface area contributed by atoms with Gasteiger partial charge >= 0.3 is 0 Å². The molecule has 0 aliphatic heterocycles. The van der Waals surface area contributed by atoms with Gasteiger partial charge in [-0.2, -0.15) is 0 Å². The van der Waals surface area contributed by atoms with Gasteiger partial charge in [-0.3, -0.25) is 9.59 Å². The Morgan fingerprint density at radius 3 is 1.36 bits per heavy atom. The number of amides is 2. The zero-order valence-corrected chi connectivity index (χ0v) is 25.3. The van der Waals surface area contributed by atoms with Crippen LogP contribution in [0.2, 0.25) is 0 Å². The second-order valence-corrected chi connectivity index (χ2v) is 11.4. The lowest BCUT2D eigenvalue weighted by Gasteiger charge is -2.14. The molecule has 218 valence electrons. The maximum atomic E-state index is 13.0. The third-order valence-corrected chi connectivity index (χ3v) is 6.64. The zero-order chi connectivity index (χ0) is 30.2. The van der Waals surface area contributed by atoms with Gasteiger partial charge in [-0.1, -0.05) is 52.0 Å². The summed E-state index contributed by atoms with van der Waals surface area (Å²) in [4.78, 5) is 25.9. The van der Waals surface area contributed by atoms with E-state index in [0.29, 0.717) is 47.7 Å². The van der Waals surface area contributed by atoms with Crippen molar-refractivity contribution >= 4 is 23.2 Å². The van der Waals surface area contributed by atoms with Crippen molar-refractivity contribution in [3.63, 3.8) is 0 Å². The highest BCUT2D eigenvalue weighted by molar-refractivity contribution is 6.05. The second-order valence-electron chi connectivity index (χ2n) is 11.4. The molecule has 0 atom stereocenters. The molecule has 2 amide bonds. The fraction of sp³-hybridized carbons (Fsp3) is 0.278. The monoisotopic (exact) mass is 564 g/mol. The van der Waals surface area contributed by atoms with Gasteiger partial charge in [0.1, 0.15) is 11.5 Å². The van der Waals surface area contributed by atoms with E-state index in [1.165, 1.54) is 0 Å². The van der Waals surface area contributed by atoms with E-state index < -0.39 is 0 Å². The van der Waals surface area contributed by atoms with Crippen molar-refractivity contribution in [3.8, 4) is 22.6 Å². The highest BCUT2D eigenvalue weighted by atomic mass is 16.5. The van der Waals surface area contributed by atoms with Crippen LogP contribution in [0.1, 0.15) is 59.5 Å². The van der Waals surface area contributed by atoms with E-state index in [9.17, 15) is 9.59 Å². The van der Waals surface area contributed by atoms with E-state index in [4.69, 9.17) is 9.47 Å². The third-order valence-electron chi connectivity index (χ3n) is 6.64. The molecule has 4 aromatic carbocycles. The Morgan fingerprint density at radius 1 is 0.595 bits per heavy atom. The van der Waals surface area contributed by atoms with Gasteiger partial charge in [-0.05, 0) is 109 Å². The van der Waals surface area contributed by atoms with E-state index in [2.05, 4.69) is 38.3 Å². The summed E-state index contributed by atoms with van der Waals surface area (Å²) >= 11 is 0. The number of rotatable bonds is 11. The third kappa shape index (κ3) is 8.23. The number of nitrogens with one attached hydrogen (secondary N) is 2. The normalized spacial score (nSPS) is 11.0. The van der Waals surface area contributed by atoms with Crippen molar-refractivity contribution in [1.29, 1.82) is 0 Å². The fourth-order valence-corrected chi connectivity index (χ4v) is 4.34. The van der Waals surface area contributed by atoms with Crippen LogP contribution in [-0.4, -0.2) is 25.0 Å². The zero-order valence-electron chi connectivity index (χ0n) is 25.3. The van der Waals surface area contributed by atoms with Crippen LogP contribution >= 0.6 is 0 Å². The summed E-state index contributed by atoms with van der Waals surface area (Å²) in [7, 11) is 0. The Balaban J connectivity index is 1.42. The van der Waals surface area contributed by atoms with Crippen molar-refractivity contribution in [2.24, 2.45) is 11.8 Å². The molecule has 0 radical (unpaired) electrons. The molecule has 2 N–H and O–H groups in total. The molecule has 0 bridgehead atoms. The molecule has 0 saturated heterocycles. The molecule has 6 heteroatoms. The molecule has 0 saturated carbocycles. The lowest BCUT2D eigenvalue weighted by atomic mass is 9.99. The number of aryl methyl sites for hydroxylation is 2. The molecule has 0 fully saturated rings. The summed E-state index contributed by atoms with van der Waals surface area (Å²) in [6.45, 7) is 13.5. The Morgan fingerprint density at radius 2 is 1.00 bits per heavy atom. The Hall–Kier alpha value is -4.58. The molecule has 4 aromatic rings. The molecule has 42 heavy (non-hydrogen) atoms. The lowest BCUT2D eigenvalue weighted by molar-refractivity contribution is 0.101. The number of hydrogen-bond acceptors (Lipinski definition) is 4. The van der Waals surface area contributed by atoms with E-state index >= 15 is 0 Å². The van der Waals surface area contributed by atoms with Gasteiger partial charge in [0.15, 0.2) is 0 Å². The summed E-state index contributed by atoms with van der Waals surface area (Å²) in [6, 6.07) is 26.4. The average molecular weight is 565 g/mol. The van der Waals surface area contributed by atoms with Crippen LogP contribution in [0.4, 0.5) is 11.4 Å². The molecule has 0 aliphatic carbocycles. The maximum Gasteiger partial charge on any atom is 0.255 e. The Labute approximate surface area is 249 Å². The first kappa shape index (κ1) is 30.4. The topological polar surface area (TPSA) is 76.7 Å². The van der Waals surface area contributed by atoms with E-state index in [0.717, 1.165) is 33.6 Å². The standard InChI is InChI=1S/C36H40N2O4/c1-23(2)21-41-31-11-7-9-29(19-31)35(39)37-33-15-13-27(17-25(33)5)28-14-16-34(26(6)18-28)38-36(40)30-10-8-12-32(20-30)42-22-24(3)4/h7-20,23-24H,21-22H2,1-6H3,(H,37,39)(H,38,40). The van der Waals surface area contributed by atoms with Crippen LogP contribution in [0, 0.1) is 25.7 Å². The number of carbonyl (C=O) groups excluding carboxylic acids is 2. The first-order valence-corrected chi connectivity index (χ1v) is 14.4. The van der Waals surface area contributed by atoms with Crippen LogP contribution in [0.25, 0.3) is 11.1 Å². The number of hydrogen-bond donors (Lipinski definition) is 2. The quantitative estimate of drug-likeness (QED) is 0.191. The molecule has 0 aromatic heterocycles. The van der Waals surface area contributed by atoms with Crippen LogP contribution < -0.4 is 20.1 Å². The molecule has 0 aliphatic rings. The van der Waals surface area contributed by atoms with Gasteiger partial charge in [0, 0.05) is 22.5 Å². The summed E-state index contributed by atoms with van der Waals surface area (Å²) in [5.41, 5.74) is 6.52. The molecular weight excluding hydrogens is 524 g/mol. The van der Waals surface area contributed by atoms with E-state index in [-0.39, 0.29) is 11.8 Å². The number of benzene rings is 4. The molecule has 0 unspecified atom stereocenters. The molecule has 4 rings (SSSR count). The highest BCUT2D eigenvalue weighted by Crippen LogP contribution is 2.29. The van der Waals surface area contributed by atoms with Crippen molar-refractivity contribution in [3.05, 3.63) is 107 Å². The minimum atomic E-state index is -0.186. The SMILES string of the molecule is Cc1cc(-c2ccc(NC(=O)c3cccc(OCC(C)C)c3)c(C)c2)ccc1NC(=O)c1cccc(OCC(C)C)c1. The minimum absolute atomic E-state index is 0.186. The fourth-order valence-electron chi connectivity index (χ4n) is 4.34. The number of anilines is 2. The highest BCUT2D eigenvalue weighted by Gasteiger charge is 2.13. The average Bonchev–Trinajstić information content (AvgIpc) is 2.97. The van der Waals surface area contributed by atoms with E-state index in [1.807, 2.05) is 74.5 Å². The number of carbonyl (C=O) groups is 2. The minimum Gasteiger partial charge on any atom is -0.493 e. The summed E-state index contributed by atoms with van der Waals surface area (Å²) < 4.78 is 11.5. The smallest absolute Gasteiger partial charge is 0.255 e. The Kier molecular flexibility index (Phi) is 10.0. The van der Waals surface area contributed by atoms with Crippen molar-refractivity contribution in [2.75, 3.05) is 23.8 Å². The summed E-state index contributed by atoms with van der Waals surface area (Å²) in [5, 5.41) is 6.04. The van der Waals surface area contributed by atoms with Crippen LogP contribution in [0.15, 0.2) is 84.9 Å². The van der Waals surface area contributed by atoms with E-state index in [1.54, 1.807) is 24.3 Å². The Bertz CT molecular complexity index is 1440. The van der Waals surface area contributed by atoms with Gasteiger partial charge in [-0.25, -0.2) is 0 Å². The predicted octanol–water partition coefficient (Wildman–Crippen LogP) is 8.54. The van der Waals surface area contributed by atoms with Gasteiger partial charge in [0.05, 0.1) is 13.2 Å². The van der Waals surface area contributed by atoms with Crippen molar-refractivity contribution in [2.45, 2.75) is 41.5 Å². The molecule has 0 spiro atoms. The molecule has 0 heterocycles. The van der Waals surface area contributed by atoms with Gasteiger partial charge < -0.3 is 20.1 Å². The largest absolute Gasteiger partial charge is 0.493 e. The van der Waals surface area contributed by atoms with Crippen molar-refractivity contribution < 1.29 is 19.1 Å². The van der Waals surface area contributed by atoms with Crippen LogP contribution in [0.3, 0.4) is 0 Å². The first-order chi connectivity index (χ1) is 20.1. The first-order valence-electron chi connectivity index (χ1n) is 14.4. The number of ether oxygens (including phenoxy) is 2. The van der Waals surface area contributed by atoms with Gasteiger partial charge in [0.2, 0.25) is 0 Å². The maximum absolute atomic E-state index is 13.0.